The van der Waals surface area contributed by atoms with Crippen LogP contribution in [0.15, 0.2) is 164 Å². The predicted molar refractivity (Wildman–Crippen MR) is 216 cm³/mol. The molecule has 0 fully saturated rings. The normalized spacial score (nSPS) is 11.7. The minimum Gasteiger partial charge on any atom is -0.309 e. The highest BCUT2D eigenvalue weighted by Gasteiger charge is 2.24. The van der Waals surface area contributed by atoms with Crippen LogP contribution in [0.4, 0.5) is 0 Å². The topological polar surface area (TPSA) is 62.4 Å². The minimum atomic E-state index is 0.439. The largest absolute Gasteiger partial charge is 0.309 e. The quantitative estimate of drug-likeness (QED) is 0.187. The monoisotopic (exact) mass is 673 g/mol. The van der Waals surface area contributed by atoms with E-state index in [1.165, 1.54) is 10.8 Å². The summed E-state index contributed by atoms with van der Waals surface area (Å²) in [6.45, 7) is 0. The van der Waals surface area contributed by atoms with Crippen LogP contribution < -0.4 is 0 Å². The zero-order valence-corrected chi connectivity index (χ0v) is 28.3. The molecule has 3 heterocycles. The molecule has 0 atom stereocenters. The van der Waals surface area contributed by atoms with Gasteiger partial charge >= 0.3 is 0 Å². The van der Waals surface area contributed by atoms with Crippen molar-refractivity contribution in [2.24, 2.45) is 0 Å². The average Bonchev–Trinajstić information content (AvgIpc) is 3.86. The number of fused-ring (bicyclic) bond motifs is 11. The summed E-state index contributed by atoms with van der Waals surface area (Å²) in [6, 6.07) is 61.8. The van der Waals surface area contributed by atoms with Gasteiger partial charge in [-0.15, -0.1) is 0 Å². The molecule has 0 N–H and O–H groups in total. The molecule has 0 unspecified atom stereocenters. The lowest BCUT2D eigenvalue weighted by molar-refractivity contribution is 1.11. The van der Waals surface area contributed by atoms with E-state index in [2.05, 4.69) is 153 Å². The first kappa shape index (κ1) is 29.2. The van der Waals surface area contributed by atoms with Gasteiger partial charge in [-0.3, -0.25) is 0 Å². The number of benzene rings is 8. The number of hydrogen-bond acceptors (Lipinski definition) is 2. The number of nitrogens with zero attached hydrogens (tertiary/aromatic N) is 5. The fourth-order valence-electron chi connectivity index (χ4n) is 8.74. The lowest BCUT2D eigenvalue weighted by Crippen LogP contribution is -2.06. The molecule has 0 aliphatic rings. The summed E-state index contributed by atoms with van der Waals surface area (Å²) in [4.78, 5) is 0. The molecule has 11 rings (SSSR count). The van der Waals surface area contributed by atoms with Crippen molar-refractivity contribution in [1.29, 1.82) is 10.5 Å². The third-order valence-electron chi connectivity index (χ3n) is 10.9. The van der Waals surface area contributed by atoms with Crippen LogP contribution in [-0.4, -0.2) is 13.7 Å². The molecule has 244 valence electrons. The third kappa shape index (κ3) is 3.94. The van der Waals surface area contributed by atoms with Crippen LogP contribution in [0.25, 0.3) is 93.3 Å². The Kier molecular flexibility index (Phi) is 6.02. The second kappa shape index (κ2) is 10.9. The highest BCUT2D eigenvalue weighted by molar-refractivity contribution is 6.22. The van der Waals surface area contributed by atoms with Gasteiger partial charge in [0.25, 0.3) is 0 Å². The van der Waals surface area contributed by atoms with Crippen LogP contribution in [0.1, 0.15) is 11.1 Å². The van der Waals surface area contributed by atoms with Gasteiger partial charge in [0.1, 0.15) is 17.7 Å². The molecule has 11 aromatic rings. The lowest BCUT2D eigenvalue weighted by Gasteiger charge is -2.17. The van der Waals surface area contributed by atoms with E-state index in [4.69, 9.17) is 0 Å². The summed E-state index contributed by atoms with van der Waals surface area (Å²) >= 11 is 0. The van der Waals surface area contributed by atoms with Crippen LogP contribution in [0.2, 0.25) is 0 Å². The molecule has 53 heavy (non-hydrogen) atoms. The Hall–Kier alpha value is -7.60. The highest BCUT2D eigenvalue weighted by Crippen LogP contribution is 2.42. The minimum absolute atomic E-state index is 0.439. The van der Waals surface area contributed by atoms with Gasteiger partial charge in [0.05, 0.1) is 50.0 Å². The van der Waals surface area contributed by atoms with Crippen LogP contribution in [-0.2, 0) is 0 Å². The molecular formula is C48H27N5. The van der Waals surface area contributed by atoms with Crippen molar-refractivity contribution in [2.45, 2.75) is 0 Å². The Balaban J connectivity index is 1.27. The van der Waals surface area contributed by atoms with Crippen molar-refractivity contribution >= 4 is 76.2 Å². The van der Waals surface area contributed by atoms with Gasteiger partial charge in [-0.2, -0.15) is 10.5 Å². The molecule has 0 saturated heterocycles. The molecule has 0 aliphatic heterocycles. The summed E-state index contributed by atoms with van der Waals surface area (Å²) in [7, 11) is 0. The second-order valence-corrected chi connectivity index (χ2v) is 13.5. The van der Waals surface area contributed by atoms with Gasteiger partial charge in [0.15, 0.2) is 0 Å². The van der Waals surface area contributed by atoms with E-state index in [0.29, 0.717) is 16.8 Å². The third-order valence-corrected chi connectivity index (χ3v) is 10.9. The van der Waals surface area contributed by atoms with Gasteiger partial charge in [-0.05, 0) is 71.4 Å². The summed E-state index contributed by atoms with van der Waals surface area (Å²) < 4.78 is 6.65. The zero-order chi connectivity index (χ0) is 35.2. The summed E-state index contributed by atoms with van der Waals surface area (Å²) in [6.07, 6.45) is 0. The maximum atomic E-state index is 11.2. The number of para-hydroxylation sites is 4. The Morgan fingerprint density at radius 1 is 0.377 bits per heavy atom. The molecular weight excluding hydrogens is 647 g/mol. The number of aromatic nitrogens is 3. The van der Waals surface area contributed by atoms with Crippen LogP contribution in [0.5, 0.6) is 0 Å². The van der Waals surface area contributed by atoms with Gasteiger partial charge < -0.3 is 13.7 Å². The van der Waals surface area contributed by atoms with Crippen LogP contribution in [0.3, 0.4) is 0 Å². The van der Waals surface area contributed by atoms with Crippen LogP contribution >= 0.6 is 0 Å². The molecule has 5 nitrogen and oxygen atoms in total. The average molecular weight is 674 g/mol. The first-order valence-electron chi connectivity index (χ1n) is 17.7. The first-order chi connectivity index (χ1) is 26.2. The van der Waals surface area contributed by atoms with Crippen molar-refractivity contribution in [3.63, 3.8) is 0 Å². The lowest BCUT2D eigenvalue weighted by atomic mass is 10.0. The zero-order valence-electron chi connectivity index (χ0n) is 28.3. The van der Waals surface area contributed by atoms with E-state index in [0.717, 1.165) is 76.8 Å². The maximum Gasteiger partial charge on any atom is 0.104 e. The summed E-state index contributed by atoms with van der Waals surface area (Å²) in [5.41, 5.74) is 9.42. The molecule has 3 aromatic heterocycles. The van der Waals surface area contributed by atoms with E-state index in [1.807, 2.05) is 36.4 Å². The van der Waals surface area contributed by atoms with E-state index >= 15 is 0 Å². The number of rotatable bonds is 3. The molecule has 0 radical (unpaired) electrons. The van der Waals surface area contributed by atoms with E-state index in [9.17, 15) is 10.5 Å². The molecule has 0 amide bonds. The number of hydrogen-bond donors (Lipinski definition) is 0. The van der Waals surface area contributed by atoms with Crippen LogP contribution in [0, 0.1) is 22.7 Å². The Morgan fingerprint density at radius 3 is 1.47 bits per heavy atom. The van der Waals surface area contributed by atoms with Gasteiger partial charge in [-0.25, -0.2) is 0 Å². The first-order valence-corrected chi connectivity index (χ1v) is 17.7. The van der Waals surface area contributed by atoms with Crippen molar-refractivity contribution in [2.75, 3.05) is 0 Å². The van der Waals surface area contributed by atoms with Gasteiger partial charge in [0, 0.05) is 38.0 Å². The molecule has 8 aromatic carbocycles. The Morgan fingerprint density at radius 2 is 0.887 bits per heavy atom. The summed E-state index contributed by atoms with van der Waals surface area (Å²) in [5, 5.41) is 30.8. The highest BCUT2D eigenvalue weighted by atomic mass is 15.0. The Labute approximate surface area is 303 Å². The fourth-order valence-corrected chi connectivity index (χ4v) is 8.74. The molecule has 0 saturated carbocycles. The van der Waals surface area contributed by atoms with Gasteiger partial charge in [-0.1, -0.05) is 103 Å². The van der Waals surface area contributed by atoms with Crippen molar-refractivity contribution < 1.29 is 0 Å². The van der Waals surface area contributed by atoms with E-state index in [-0.39, 0.29) is 0 Å². The van der Waals surface area contributed by atoms with E-state index < -0.39 is 0 Å². The van der Waals surface area contributed by atoms with Crippen molar-refractivity contribution in [3.8, 4) is 29.2 Å². The molecule has 0 spiro atoms. The van der Waals surface area contributed by atoms with Crippen molar-refractivity contribution in [3.05, 3.63) is 175 Å². The second-order valence-electron chi connectivity index (χ2n) is 13.5. The maximum absolute atomic E-state index is 11.2. The predicted octanol–water partition coefficient (Wildman–Crippen LogP) is 11.9. The fraction of sp³-hybridized carbons (Fsp3) is 0. The van der Waals surface area contributed by atoms with Gasteiger partial charge in [0.2, 0.25) is 0 Å². The molecule has 0 aliphatic carbocycles. The Bertz CT molecular complexity index is 3320. The van der Waals surface area contributed by atoms with E-state index in [1.54, 1.807) is 0 Å². The number of nitriles is 2. The smallest absolute Gasteiger partial charge is 0.104 e. The summed E-state index contributed by atoms with van der Waals surface area (Å²) in [5.74, 6) is 0. The standard InChI is InChI=1S/C48H27N5/c49-28-31-22-24-45(39(29-50)48(31)53-42-19-9-5-15-36(42)37-16-6-10-20-43(37)53)52-44-26-23-32(27-38(44)47-33-12-2-1-11-30(33)21-25-46(47)52)51-40-17-7-3-13-34(40)35-14-4-8-18-41(35)51/h1-27H. The SMILES string of the molecule is N#Cc1ccc(-n2c3ccc(-n4c5ccccc5c5ccccc54)cc3c3c4ccccc4ccc32)c(C#N)c1-n1c2ccccc2c2ccccc21. The molecule has 5 heteroatoms. The molecule has 0 bridgehead atoms. The van der Waals surface area contributed by atoms with Crippen molar-refractivity contribution in [1.82, 2.24) is 13.7 Å².